The highest BCUT2D eigenvalue weighted by Gasteiger charge is 2.36. The van der Waals surface area contributed by atoms with Crippen molar-refractivity contribution in [2.45, 2.75) is 32.7 Å². The molecule has 0 aromatic carbocycles. The Morgan fingerprint density at radius 1 is 1.20 bits per heavy atom. The Bertz CT molecular complexity index is 1120. The number of ether oxygens (including phenoxy) is 2. The maximum atomic E-state index is 13.1. The minimum atomic E-state index is -0.494. The largest absolute Gasteiger partial charge is 0.474 e. The average Bonchev–Trinajstić information content (AvgIpc) is 3.23. The third kappa shape index (κ3) is 5.40. The van der Waals surface area contributed by atoms with Gasteiger partial charge in [-0.25, -0.2) is 0 Å². The highest BCUT2D eigenvalue weighted by Crippen LogP contribution is 2.30. The summed E-state index contributed by atoms with van der Waals surface area (Å²) >= 11 is 0. The number of rotatable bonds is 7. The summed E-state index contributed by atoms with van der Waals surface area (Å²) in [6, 6.07) is 3.51. The van der Waals surface area contributed by atoms with Gasteiger partial charge in [-0.15, -0.1) is 0 Å². The third-order valence-electron chi connectivity index (χ3n) is 6.06. The number of hydrogen-bond acceptors (Lipinski definition) is 8. The molecule has 2 aromatic rings. The molecule has 1 fully saturated rings. The number of carbonyl (C=O) groups is 3. The minimum absolute atomic E-state index is 0.0536. The van der Waals surface area contributed by atoms with Crippen LogP contribution in [0.2, 0.25) is 0 Å². The monoisotopic (exact) mass is 485 g/mol. The van der Waals surface area contributed by atoms with Crippen LogP contribution in [0.1, 0.15) is 47.2 Å². The second-order valence-corrected chi connectivity index (χ2v) is 9.27. The van der Waals surface area contributed by atoms with E-state index in [-0.39, 0.29) is 35.4 Å². The smallest absolute Gasteiger partial charge is 0.259 e. The first-order valence-electron chi connectivity index (χ1n) is 11.6. The quantitative estimate of drug-likeness (QED) is 0.568. The van der Waals surface area contributed by atoms with Crippen molar-refractivity contribution in [2.75, 3.05) is 56.7 Å². The van der Waals surface area contributed by atoms with Crippen LogP contribution in [0.15, 0.2) is 22.8 Å². The Morgan fingerprint density at radius 2 is 1.94 bits per heavy atom. The zero-order valence-corrected chi connectivity index (χ0v) is 20.5. The van der Waals surface area contributed by atoms with E-state index in [0.29, 0.717) is 56.5 Å². The third-order valence-corrected chi connectivity index (χ3v) is 6.06. The van der Waals surface area contributed by atoms with Crippen LogP contribution < -0.4 is 20.3 Å². The van der Waals surface area contributed by atoms with Crippen LogP contribution >= 0.6 is 0 Å². The second-order valence-electron chi connectivity index (χ2n) is 9.27. The predicted octanol–water partition coefficient (Wildman–Crippen LogP) is 1.69. The Labute approximate surface area is 203 Å². The van der Waals surface area contributed by atoms with Gasteiger partial charge in [0.1, 0.15) is 30.1 Å². The molecule has 2 aliphatic heterocycles. The van der Waals surface area contributed by atoms with Crippen LogP contribution in [0.25, 0.3) is 0 Å². The molecule has 2 aromatic heterocycles. The Morgan fingerprint density at radius 3 is 2.63 bits per heavy atom. The molecular weight excluding hydrogens is 454 g/mol. The maximum absolute atomic E-state index is 13.1. The van der Waals surface area contributed by atoms with Gasteiger partial charge in [0, 0.05) is 52.2 Å². The van der Waals surface area contributed by atoms with Crippen LogP contribution in [0, 0.1) is 0 Å². The van der Waals surface area contributed by atoms with Gasteiger partial charge in [-0.2, -0.15) is 4.98 Å². The Balaban J connectivity index is 1.54. The van der Waals surface area contributed by atoms with Crippen molar-refractivity contribution < 1.29 is 28.3 Å². The Kier molecular flexibility index (Phi) is 6.97. The number of nitrogens with one attached hydrogen (secondary N) is 2. The Hall–Kier alpha value is -3.60. The lowest BCUT2D eigenvalue weighted by atomic mass is 9.91. The highest BCUT2D eigenvalue weighted by atomic mass is 16.5. The van der Waals surface area contributed by atoms with Crippen molar-refractivity contribution >= 4 is 29.2 Å². The molecule has 4 heterocycles. The van der Waals surface area contributed by atoms with Gasteiger partial charge in [0.25, 0.3) is 11.8 Å². The SMILES string of the molecule is COCCOc1nc(N2CCN(C(C)=O)CC2)ccc1NC(=O)c1coc2c1C(=O)NC(C)(C)C2. The van der Waals surface area contributed by atoms with Crippen molar-refractivity contribution in [3.8, 4) is 5.88 Å². The van der Waals surface area contributed by atoms with E-state index in [2.05, 4.69) is 20.5 Å². The molecule has 35 heavy (non-hydrogen) atoms. The predicted molar refractivity (Wildman–Crippen MR) is 128 cm³/mol. The van der Waals surface area contributed by atoms with E-state index in [0.717, 1.165) is 0 Å². The molecule has 0 bridgehead atoms. The van der Waals surface area contributed by atoms with Gasteiger partial charge in [-0.3, -0.25) is 14.4 Å². The lowest BCUT2D eigenvalue weighted by molar-refractivity contribution is -0.129. The second kappa shape index (κ2) is 9.95. The number of amides is 3. The number of furan rings is 1. The number of fused-ring (bicyclic) bond motifs is 1. The normalized spacial score (nSPS) is 17.0. The summed E-state index contributed by atoms with van der Waals surface area (Å²) in [5.41, 5.74) is 0.314. The number of methoxy groups -OCH3 is 1. The van der Waals surface area contributed by atoms with E-state index >= 15 is 0 Å². The summed E-state index contributed by atoms with van der Waals surface area (Å²) in [6.45, 7) is 8.45. The summed E-state index contributed by atoms with van der Waals surface area (Å²) in [5, 5.41) is 5.70. The molecule has 11 nitrogen and oxygen atoms in total. The number of nitrogens with zero attached hydrogens (tertiary/aromatic N) is 3. The van der Waals surface area contributed by atoms with Crippen LogP contribution in [0.4, 0.5) is 11.5 Å². The lowest BCUT2D eigenvalue weighted by Gasteiger charge is -2.35. The highest BCUT2D eigenvalue weighted by molar-refractivity contribution is 6.13. The van der Waals surface area contributed by atoms with Crippen molar-refractivity contribution in [1.82, 2.24) is 15.2 Å². The van der Waals surface area contributed by atoms with Crippen LogP contribution in [-0.2, 0) is 16.0 Å². The van der Waals surface area contributed by atoms with Gasteiger partial charge >= 0.3 is 0 Å². The van der Waals surface area contributed by atoms with Gasteiger partial charge in [0.15, 0.2) is 0 Å². The zero-order chi connectivity index (χ0) is 25.2. The summed E-state index contributed by atoms with van der Waals surface area (Å²) in [7, 11) is 1.57. The topological polar surface area (TPSA) is 126 Å². The first-order valence-corrected chi connectivity index (χ1v) is 11.6. The molecule has 0 radical (unpaired) electrons. The molecule has 0 atom stereocenters. The lowest BCUT2D eigenvalue weighted by Crippen LogP contribution is -2.49. The van der Waals surface area contributed by atoms with Crippen LogP contribution in [0.3, 0.4) is 0 Å². The fourth-order valence-electron chi connectivity index (χ4n) is 4.23. The number of aromatic nitrogens is 1. The first kappa shape index (κ1) is 24.5. The molecule has 0 saturated carbocycles. The molecule has 188 valence electrons. The molecular formula is C24H31N5O6. The van der Waals surface area contributed by atoms with Gasteiger partial charge in [0.2, 0.25) is 11.8 Å². The van der Waals surface area contributed by atoms with Gasteiger partial charge in [-0.05, 0) is 26.0 Å². The molecule has 11 heteroatoms. The minimum Gasteiger partial charge on any atom is -0.474 e. The number of piperazine rings is 1. The first-order chi connectivity index (χ1) is 16.7. The molecule has 0 spiro atoms. The van der Waals surface area contributed by atoms with Gasteiger partial charge in [-0.1, -0.05) is 0 Å². The number of anilines is 2. The fourth-order valence-corrected chi connectivity index (χ4v) is 4.23. The number of pyridine rings is 1. The molecule has 0 unspecified atom stereocenters. The molecule has 1 saturated heterocycles. The van der Waals surface area contributed by atoms with E-state index in [4.69, 9.17) is 13.9 Å². The fraction of sp³-hybridized carbons (Fsp3) is 0.500. The van der Waals surface area contributed by atoms with E-state index in [1.165, 1.54) is 6.26 Å². The standard InChI is InChI=1S/C24H31N5O6/c1-15(30)28-7-9-29(10-8-28)19-6-5-17(23(26-19)34-12-11-33-4)25-21(31)16-14-35-18-13-24(2,3)27-22(32)20(16)18/h5-6,14H,7-13H2,1-4H3,(H,25,31)(H,27,32). The van der Waals surface area contributed by atoms with E-state index in [9.17, 15) is 14.4 Å². The van der Waals surface area contributed by atoms with Crippen molar-refractivity contribution in [3.63, 3.8) is 0 Å². The zero-order valence-electron chi connectivity index (χ0n) is 20.5. The van der Waals surface area contributed by atoms with Crippen molar-refractivity contribution in [3.05, 3.63) is 35.3 Å². The van der Waals surface area contributed by atoms with Gasteiger partial charge < -0.3 is 34.3 Å². The summed E-state index contributed by atoms with van der Waals surface area (Å²) in [4.78, 5) is 45.8. The number of carbonyl (C=O) groups excluding carboxylic acids is 3. The van der Waals surface area contributed by atoms with Crippen LogP contribution in [-0.4, -0.2) is 79.6 Å². The van der Waals surface area contributed by atoms with Crippen LogP contribution in [0.5, 0.6) is 5.88 Å². The molecule has 3 amide bonds. The van der Waals surface area contributed by atoms with Gasteiger partial charge in [0.05, 0.1) is 17.7 Å². The number of hydrogen-bond donors (Lipinski definition) is 2. The molecule has 4 rings (SSSR count). The molecule has 2 N–H and O–H groups in total. The van der Waals surface area contributed by atoms with Crippen molar-refractivity contribution in [2.24, 2.45) is 0 Å². The average molecular weight is 486 g/mol. The van der Waals surface area contributed by atoms with E-state index in [1.54, 1.807) is 31.1 Å². The van der Waals surface area contributed by atoms with Crippen molar-refractivity contribution in [1.29, 1.82) is 0 Å². The summed E-state index contributed by atoms with van der Waals surface area (Å²) < 4.78 is 16.4. The summed E-state index contributed by atoms with van der Waals surface area (Å²) in [5.74, 6) is 0.623. The maximum Gasteiger partial charge on any atom is 0.259 e. The molecule has 0 aliphatic carbocycles. The summed E-state index contributed by atoms with van der Waals surface area (Å²) in [6.07, 6.45) is 1.79. The van der Waals surface area contributed by atoms with E-state index < -0.39 is 11.4 Å². The molecule has 2 aliphatic rings. The van der Waals surface area contributed by atoms with E-state index in [1.807, 2.05) is 13.8 Å².